The van der Waals surface area contributed by atoms with E-state index in [9.17, 15) is 18.0 Å². The Hall–Kier alpha value is -3.81. The molecular weight excluding hydrogens is 491 g/mol. The third-order valence-electron chi connectivity index (χ3n) is 6.60. The Bertz CT molecular complexity index is 1400. The molecule has 0 aliphatic heterocycles. The third-order valence-corrected chi connectivity index (χ3v) is 6.60. The number of carbonyl (C=O) groups is 1. The zero-order valence-corrected chi connectivity index (χ0v) is 21.8. The molecule has 4 aromatic rings. The fourth-order valence-electron chi connectivity index (χ4n) is 4.55. The minimum absolute atomic E-state index is 0.0243. The molecule has 0 aliphatic carbocycles. The number of alkyl halides is 3. The molecule has 8 heteroatoms. The number of nitrogens with zero attached hydrogens (tertiary/aromatic N) is 3. The van der Waals surface area contributed by atoms with Gasteiger partial charge in [-0.25, -0.2) is 4.98 Å². The van der Waals surface area contributed by atoms with E-state index in [0.717, 1.165) is 35.1 Å². The summed E-state index contributed by atoms with van der Waals surface area (Å²) in [5.41, 5.74) is 2.53. The van der Waals surface area contributed by atoms with Crippen LogP contribution in [0.25, 0.3) is 5.65 Å². The average molecular weight is 524 g/mol. The zero-order valence-electron chi connectivity index (χ0n) is 21.8. The van der Waals surface area contributed by atoms with E-state index in [1.807, 2.05) is 53.1 Å². The van der Waals surface area contributed by atoms with Crippen LogP contribution in [0.4, 0.5) is 13.2 Å². The van der Waals surface area contributed by atoms with Gasteiger partial charge in [-0.2, -0.15) is 13.2 Å². The largest absolute Gasteiger partial charge is 0.496 e. The van der Waals surface area contributed by atoms with Gasteiger partial charge in [0.2, 0.25) is 5.91 Å². The van der Waals surface area contributed by atoms with E-state index >= 15 is 0 Å². The molecule has 0 N–H and O–H groups in total. The third kappa shape index (κ3) is 6.36. The molecule has 0 saturated carbocycles. The molecule has 1 amide bonds. The van der Waals surface area contributed by atoms with Crippen LogP contribution in [0.3, 0.4) is 0 Å². The van der Waals surface area contributed by atoms with Gasteiger partial charge in [-0.15, -0.1) is 0 Å². The van der Waals surface area contributed by atoms with Crippen LogP contribution >= 0.6 is 0 Å². The fourth-order valence-corrected chi connectivity index (χ4v) is 4.55. The highest BCUT2D eigenvalue weighted by molar-refractivity contribution is 5.79. The van der Waals surface area contributed by atoms with E-state index in [1.165, 1.54) is 18.2 Å². The van der Waals surface area contributed by atoms with Crippen LogP contribution < -0.4 is 4.74 Å². The van der Waals surface area contributed by atoms with E-state index in [4.69, 9.17) is 9.72 Å². The topological polar surface area (TPSA) is 46.8 Å². The first-order valence-electron chi connectivity index (χ1n) is 12.7. The minimum atomic E-state index is -4.52. The lowest BCUT2D eigenvalue weighted by atomic mass is 10.0. The van der Waals surface area contributed by atoms with Gasteiger partial charge in [0.05, 0.1) is 37.0 Å². The number of ether oxygens (including phenoxy) is 1. The second-order valence-electron chi connectivity index (χ2n) is 9.75. The van der Waals surface area contributed by atoms with Crippen LogP contribution in [0.15, 0.2) is 72.9 Å². The van der Waals surface area contributed by atoms with E-state index in [1.54, 1.807) is 12.0 Å². The van der Waals surface area contributed by atoms with Crippen molar-refractivity contribution in [1.29, 1.82) is 0 Å². The standard InChI is InChI=1S/C30H32F3N3O2/c1-21(2)15-17-35(29(37)19-22-10-4-6-12-24(22)30(31,32)33)20-25-26(36-16-9-8-14-28(36)34-25)18-23-11-5-7-13-27(23)38-3/h4-14,16,21H,15,17-20H2,1-3H3. The number of methoxy groups -OCH3 is 1. The van der Waals surface area contributed by atoms with E-state index in [2.05, 4.69) is 13.8 Å². The minimum Gasteiger partial charge on any atom is -0.496 e. The maximum Gasteiger partial charge on any atom is 0.416 e. The van der Waals surface area contributed by atoms with Crippen LogP contribution in [-0.4, -0.2) is 33.8 Å². The molecule has 0 radical (unpaired) electrons. The number of benzene rings is 2. The number of halogens is 3. The number of imidazole rings is 1. The molecule has 2 heterocycles. The highest BCUT2D eigenvalue weighted by Gasteiger charge is 2.34. The summed E-state index contributed by atoms with van der Waals surface area (Å²) in [4.78, 5) is 20.0. The number of amides is 1. The van der Waals surface area contributed by atoms with Crippen LogP contribution in [-0.2, 0) is 30.4 Å². The van der Waals surface area contributed by atoms with Gasteiger partial charge >= 0.3 is 6.18 Å². The van der Waals surface area contributed by atoms with Gasteiger partial charge in [-0.1, -0.05) is 56.3 Å². The first-order valence-corrected chi connectivity index (χ1v) is 12.7. The lowest BCUT2D eigenvalue weighted by molar-refractivity contribution is -0.138. The average Bonchev–Trinajstić information content (AvgIpc) is 3.23. The molecule has 0 saturated heterocycles. The summed E-state index contributed by atoms with van der Waals surface area (Å²) in [5, 5.41) is 0. The molecular formula is C30H32F3N3O2. The summed E-state index contributed by atoms with van der Waals surface area (Å²) in [6.45, 7) is 4.73. The molecule has 200 valence electrons. The monoisotopic (exact) mass is 523 g/mol. The predicted octanol–water partition coefficient (Wildman–Crippen LogP) is 6.57. The smallest absolute Gasteiger partial charge is 0.416 e. The maximum absolute atomic E-state index is 13.6. The van der Waals surface area contributed by atoms with Gasteiger partial charge in [0.25, 0.3) is 0 Å². The Morgan fingerprint density at radius 3 is 2.39 bits per heavy atom. The molecule has 0 bridgehead atoms. The Kier molecular flexibility index (Phi) is 8.39. The zero-order chi connectivity index (χ0) is 27.3. The summed E-state index contributed by atoms with van der Waals surface area (Å²) in [5.74, 6) is 0.713. The quantitative estimate of drug-likeness (QED) is 0.236. The van der Waals surface area contributed by atoms with Crippen LogP contribution in [0.1, 0.15) is 48.3 Å². The summed E-state index contributed by atoms with van der Waals surface area (Å²) >= 11 is 0. The molecule has 0 aliphatic rings. The molecule has 0 fully saturated rings. The second-order valence-corrected chi connectivity index (χ2v) is 9.75. The van der Waals surface area contributed by atoms with Crippen molar-refractivity contribution in [3.8, 4) is 5.75 Å². The SMILES string of the molecule is COc1ccccc1Cc1c(CN(CCC(C)C)C(=O)Cc2ccccc2C(F)(F)F)nc2ccccn12. The van der Waals surface area contributed by atoms with Gasteiger partial charge < -0.3 is 14.0 Å². The van der Waals surface area contributed by atoms with Crippen LogP contribution in [0, 0.1) is 5.92 Å². The predicted molar refractivity (Wildman–Crippen MR) is 141 cm³/mol. The Balaban J connectivity index is 1.69. The Morgan fingerprint density at radius 1 is 1.00 bits per heavy atom. The Morgan fingerprint density at radius 2 is 1.68 bits per heavy atom. The van der Waals surface area contributed by atoms with Crippen LogP contribution in [0.5, 0.6) is 5.75 Å². The summed E-state index contributed by atoms with van der Waals surface area (Å²) in [7, 11) is 1.62. The number of fused-ring (bicyclic) bond motifs is 1. The first kappa shape index (κ1) is 27.2. The summed E-state index contributed by atoms with van der Waals surface area (Å²) < 4.78 is 48.3. The number of rotatable bonds is 10. The van der Waals surface area contributed by atoms with Gasteiger partial charge in [-0.3, -0.25) is 4.79 Å². The van der Waals surface area contributed by atoms with E-state index in [0.29, 0.717) is 24.6 Å². The second kappa shape index (κ2) is 11.7. The summed E-state index contributed by atoms with van der Waals surface area (Å²) in [6.07, 6.45) is -1.68. The van der Waals surface area contributed by atoms with Gasteiger partial charge in [0.15, 0.2) is 0 Å². The number of hydrogen-bond acceptors (Lipinski definition) is 3. The first-order chi connectivity index (χ1) is 18.2. The summed E-state index contributed by atoms with van der Waals surface area (Å²) in [6, 6.07) is 18.7. The number of pyridine rings is 1. The highest BCUT2D eigenvalue weighted by atomic mass is 19.4. The fraction of sp³-hybridized carbons (Fsp3) is 0.333. The normalized spacial score (nSPS) is 11.8. The van der Waals surface area contributed by atoms with E-state index < -0.39 is 11.7 Å². The lowest BCUT2D eigenvalue weighted by Gasteiger charge is -2.24. The molecule has 0 atom stereocenters. The molecule has 38 heavy (non-hydrogen) atoms. The Labute approximate surface area is 220 Å². The molecule has 2 aromatic carbocycles. The van der Waals surface area contributed by atoms with Crippen molar-refractivity contribution in [3.05, 3.63) is 101 Å². The number of carbonyl (C=O) groups excluding carboxylic acids is 1. The van der Waals surface area contributed by atoms with Crippen molar-refractivity contribution < 1.29 is 22.7 Å². The van der Waals surface area contributed by atoms with Crippen LogP contribution in [0.2, 0.25) is 0 Å². The van der Waals surface area contributed by atoms with Crippen molar-refractivity contribution in [2.24, 2.45) is 5.92 Å². The van der Waals surface area contributed by atoms with Crippen molar-refractivity contribution in [2.75, 3.05) is 13.7 Å². The maximum atomic E-state index is 13.6. The van der Waals surface area contributed by atoms with Gasteiger partial charge in [0.1, 0.15) is 11.4 Å². The molecule has 0 unspecified atom stereocenters. The van der Waals surface area contributed by atoms with Crippen molar-refractivity contribution in [1.82, 2.24) is 14.3 Å². The van der Waals surface area contributed by atoms with Gasteiger partial charge in [0, 0.05) is 24.7 Å². The highest BCUT2D eigenvalue weighted by Crippen LogP contribution is 2.32. The number of para-hydroxylation sites is 1. The van der Waals surface area contributed by atoms with E-state index in [-0.39, 0.29) is 24.4 Å². The van der Waals surface area contributed by atoms with Crippen molar-refractivity contribution in [2.45, 2.75) is 45.8 Å². The molecule has 0 spiro atoms. The number of hydrogen-bond donors (Lipinski definition) is 0. The van der Waals surface area contributed by atoms with Crippen molar-refractivity contribution in [3.63, 3.8) is 0 Å². The van der Waals surface area contributed by atoms with Gasteiger partial charge in [-0.05, 0) is 42.2 Å². The molecule has 5 nitrogen and oxygen atoms in total. The molecule has 2 aromatic heterocycles. The lowest BCUT2D eigenvalue weighted by Crippen LogP contribution is -2.34. The van der Waals surface area contributed by atoms with Crippen molar-refractivity contribution >= 4 is 11.6 Å². The number of aromatic nitrogens is 2. The molecule has 4 rings (SSSR count).